The van der Waals surface area contributed by atoms with Crippen LogP contribution in [0.1, 0.15) is 13.3 Å². The summed E-state index contributed by atoms with van der Waals surface area (Å²) in [7, 11) is 0. The van der Waals surface area contributed by atoms with Gasteiger partial charge in [-0.2, -0.15) is 0 Å². The van der Waals surface area contributed by atoms with E-state index in [9.17, 15) is 4.79 Å². The normalized spacial score (nSPS) is 45.9. The summed E-state index contributed by atoms with van der Waals surface area (Å²) in [6.07, 6.45) is 0.837. The van der Waals surface area contributed by atoms with E-state index in [-0.39, 0.29) is 12.4 Å². The molecule has 3 aliphatic rings. The molecule has 2 heterocycles. The Morgan fingerprint density at radius 3 is 2.55 bits per heavy atom. The van der Waals surface area contributed by atoms with E-state index in [4.69, 9.17) is 5.11 Å². The van der Waals surface area contributed by atoms with Crippen LogP contribution in [-0.2, 0) is 4.79 Å². The maximum Gasteiger partial charge on any atom is 0.324 e. The molecular formula is C7H12ClNO2. The van der Waals surface area contributed by atoms with E-state index in [2.05, 4.69) is 5.32 Å². The highest BCUT2D eigenvalue weighted by molar-refractivity contribution is 5.85. The molecule has 0 aromatic rings. The van der Waals surface area contributed by atoms with E-state index < -0.39 is 11.5 Å². The van der Waals surface area contributed by atoms with Crippen molar-refractivity contribution in [1.29, 1.82) is 0 Å². The number of nitrogens with one attached hydrogen (secondary N) is 1. The van der Waals surface area contributed by atoms with Crippen LogP contribution in [-0.4, -0.2) is 23.2 Å². The first kappa shape index (κ1) is 8.81. The van der Waals surface area contributed by atoms with Crippen molar-refractivity contribution in [2.24, 2.45) is 11.8 Å². The first-order chi connectivity index (χ1) is 4.67. The summed E-state index contributed by atoms with van der Waals surface area (Å²) in [5.74, 6) is 0.287. The molecule has 2 N–H and O–H groups in total. The van der Waals surface area contributed by atoms with Gasteiger partial charge < -0.3 is 10.4 Å². The summed E-state index contributed by atoms with van der Waals surface area (Å²) < 4.78 is 0. The van der Waals surface area contributed by atoms with E-state index in [0.717, 1.165) is 13.0 Å². The van der Waals surface area contributed by atoms with Gasteiger partial charge in [0.1, 0.15) is 5.54 Å². The van der Waals surface area contributed by atoms with Gasteiger partial charge in [-0.25, -0.2) is 0 Å². The van der Waals surface area contributed by atoms with E-state index in [0.29, 0.717) is 11.8 Å². The molecule has 2 bridgehead atoms. The molecule has 0 spiro atoms. The van der Waals surface area contributed by atoms with Gasteiger partial charge in [-0.1, -0.05) is 6.92 Å². The minimum atomic E-state index is -0.672. The van der Waals surface area contributed by atoms with Crippen LogP contribution in [0.5, 0.6) is 0 Å². The van der Waals surface area contributed by atoms with Crippen molar-refractivity contribution in [2.75, 3.05) is 6.54 Å². The van der Waals surface area contributed by atoms with Crippen LogP contribution < -0.4 is 5.32 Å². The number of fused-ring (bicyclic) bond motifs is 1. The van der Waals surface area contributed by atoms with Gasteiger partial charge in [0.15, 0.2) is 0 Å². The van der Waals surface area contributed by atoms with Crippen molar-refractivity contribution in [3.63, 3.8) is 0 Å². The Labute approximate surface area is 71.6 Å². The van der Waals surface area contributed by atoms with Crippen molar-refractivity contribution < 1.29 is 9.90 Å². The molecule has 0 aromatic heterocycles. The molecule has 0 aromatic carbocycles. The van der Waals surface area contributed by atoms with Gasteiger partial charge in [-0.15, -0.1) is 12.4 Å². The number of carboxylic acids is 1. The molecule has 4 heteroatoms. The Morgan fingerprint density at radius 2 is 2.36 bits per heavy atom. The van der Waals surface area contributed by atoms with Crippen molar-refractivity contribution in [3.8, 4) is 0 Å². The maximum absolute atomic E-state index is 10.7. The van der Waals surface area contributed by atoms with Crippen LogP contribution >= 0.6 is 12.4 Å². The lowest BCUT2D eigenvalue weighted by atomic mass is 9.64. The van der Waals surface area contributed by atoms with Gasteiger partial charge in [-0.05, 0) is 24.8 Å². The van der Waals surface area contributed by atoms with E-state index in [1.54, 1.807) is 0 Å². The van der Waals surface area contributed by atoms with Gasteiger partial charge in [0.25, 0.3) is 0 Å². The second-order valence-corrected chi connectivity index (χ2v) is 3.41. The third-order valence-corrected chi connectivity index (χ3v) is 3.13. The van der Waals surface area contributed by atoms with Crippen LogP contribution in [0.2, 0.25) is 0 Å². The molecule has 64 valence electrons. The molecule has 11 heavy (non-hydrogen) atoms. The standard InChI is InChI=1S/C7H11NO2.ClH/c1-4-5-2-7(4,6(9)10)8-3-5;/h4-5,8H,2-3H2,1H3,(H,9,10);1H. The molecule has 3 unspecified atom stereocenters. The molecule has 1 aliphatic carbocycles. The Balaban J connectivity index is 0.000000605. The summed E-state index contributed by atoms with van der Waals surface area (Å²) in [4.78, 5) is 10.7. The molecule has 3 rings (SSSR count). The summed E-state index contributed by atoms with van der Waals surface area (Å²) in [5.41, 5.74) is -0.537. The largest absolute Gasteiger partial charge is 0.480 e. The highest BCUT2D eigenvalue weighted by Gasteiger charge is 2.61. The number of carbonyl (C=O) groups is 1. The highest BCUT2D eigenvalue weighted by atomic mass is 35.5. The molecule has 2 aliphatic heterocycles. The van der Waals surface area contributed by atoms with Gasteiger partial charge >= 0.3 is 5.97 Å². The summed E-state index contributed by atoms with van der Waals surface area (Å²) >= 11 is 0. The molecule has 1 saturated carbocycles. The highest BCUT2D eigenvalue weighted by Crippen LogP contribution is 2.48. The molecule has 3 fully saturated rings. The first-order valence-corrected chi connectivity index (χ1v) is 3.65. The fourth-order valence-electron chi connectivity index (χ4n) is 2.17. The monoisotopic (exact) mass is 177 g/mol. The minimum absolute atomic E-state index is 0. The molecule has 2 saturated heterocycles. The fourth-order valence-corrected chi connectivity index (χ4v) is 2.17. The molecule has 0 amide bonds. The second kappa shape index (κ2) is 2.35. The number of halogens is 1. The zero-order valence-electron chi connectivity index (χ0n) is 6.33. The Hall–Kier alpha value is -0.280. The van der Waals surface area contributed by atoms with E-state index in [1.807, 2.05) is 6.92 Å². The van der Waals surface area contributed by atoms with Crippen molar-refractivity contribution in [3.05, 3.63) is 0 Å². The fraction of sp³-hybridized carbons (Fsp3) is 0.857. The van der Waals surface area contributed by atoms with E-state index in [1.165, 1.54) is 0 Å². The van der Waals surface area contributed by atoms with Crippen molar-refractivity contribution in [1.82, 2.24) is 5.32 Å². The van der Waals surface area contributed by atoms with Crippen LogP contribution in [0.25, 0.3) is 0 Å². The van der Waals surface area contributed by atoms with Gasteiger partial charge in [0, 0.05) is 0 Å². The Morgan fingerprint density at radius 1 is 1.73 bits per heavy atom. The topological polar surface area (TPSA) is 49.3 Å². The quantitative estimate of drug-likeness (QED) is 0.613. The number of rotatable bonds is 1. The third-order valence-electron chi connectivity index (χ3n) is 3.13. The van der Waals surface area contributed by atoms with Crippen LogP contribution in [0.15, 0.2) is 0 Å². The second-order valence-electron chi connectivity index (χ2n) is 3.41. The maximum atomic E-state index is 10.7. The van der Waals surface area contributed by atoms with Gasteiger partial charge in [0.05, 0.1) is 0 Å². The molecular weight excluding hydrogens is 166 g/mol. The Kier molecular flexibility index (Phi) is 1.89. The van der Waals surface area contributed by atoms with Gasteiger partial charge in [0.2, 0.25) is 0 Å². The van der Waals surface area contributed by atoms with Crippen LogP contribution in [0.3, 0.4) is 0 Å². The van der Waals surface area contributed by atoms with Crippen LogP contribution in [0, 0.1) is 11.8 Å². The molecule has 3 atom stereocenters. The van der Waals surface area contributed by atoms with Gasteiger partial charge in [-0.3, -0.25) is 4.79 Å². The third kappa shape index (κ3) is 0.811. The minimum Gasteiger partial charge on any atom is -0.480 e. The molecule has 0 radical (unpaired) electrons. The molecule has 3 nitrogen and oxygen atoms in total. The van der Waals surface area contributed by atoms with E-state index >= 15 is 0 Å². The number of aliphatic carboxylic acids is 1. The average Bonchev–Trinajstić information content (AvgIpc) is 2.41. The average molecular weight is 178 g/mol. The summed E-state index contributed by atoms with van der Waals surface area (Å²) in [5, 5.41) is 11.9. The summed E-state index contributed by atoms with van der Waals surface area (Å²) in [6.45, 7) is 2.91. The summed E-state index contributed by atoms with van der Waals surface area (Å²) in [6, 6.07) is 0. The Bertz CT molecular complexity index is 193. The first-order valence-electron chi connectivity index (χ1n) is 3.65. The number of hydrogen-bond donors (Lipinski definition) is 2. The van der Waals surface area contributed by atoms with Crippen molar-refractivity contribution >= 4 is 18.4 Å². The number of carboxylic acid groups (broad SMARTS) is 1. The lowest BCUT2D eigenvalue weighted by molar-refractivity contribution is -0.150. The number of hydrogen-bond acceptors (Lipinski definition) is 2. The predicted molar refractivity (Wildman–Crippen MR) is 42.9 cm³/mol. The van der Waals surface area contributed by atoms with Crippen LogP contribution in [0.4, 0.5) is 0 Å². The van der Waals surface area contributed by atoms with Crippen molar-refractivity contribution in [2.45, 2.75) is 18.9 Å². The lowest BCUT2D eigenvalue weighted by Gasteiger charge is -2.40. The zero-order chi connectivity index (χ0) is 7.35. The smallest absolute Gasteiger partial charge is 0.324 e. The predicted octanol–water partition coefficient (Wildman–Crippen LogP) is 0.491. The SMILES string of the molecule is CC1C2CNC1(C(=O)O)C2.Cl. The zero-order valence-corrected chi connectivity index (χ0v) is 7.15. The lowest BCUT2D eigenvalue weighted by Crippen LogP contribution is -2.57.